The van der Waals surface area contributed by atoms with Crippen LogP contribution in [0.5, 0.6) is 5.75 Å². The van der Waals surface area contributed by atoms with Crippen molar-refractivity contribution >= 4 is 15.9 Å². The van der Waals surface area contributed by atoms with Crippen LogP contribution in [-0.2, 0) is 6.61 Å². The molecule has 0 aliphatic heterocycles. The van der Waals surface area contributed by atoms with Crippen LogP contribution in [0.25, 0.3) is 0 Å². The van der Waals surface area contributed by atoms with E-state index < -0.39 is 0 Å². The average molecular weight is 257 g/mol. The Hall–Kier alpha value is -0.800. The molecule has 0 bridgehead atoms. The van der Waals surface area contributed by atoms with Gasteiger partial charge in [-0.25, -0.2) is 0 Å². The zero-order valence-corrected chi connectivity index (χ0v) is 9.62. The molecule has 0 unspecified atom stereocenters. The number of allylic oxidation sites excluding steroid dienone is 1. The molecule has 0 aliphatic rings. The number of ether oxygens (including phenoxy) is 1. The summed E-state index contributed by atoms with van der Waals surface area (Å²) in [6, 6.07) is 5.61. The lowest BCUT2D eigenvalue weighted by molar-refractivity contribution is 0.269. The molecule has 1 aromatic carbocycles. The Bertz CT molecular complexity index is 321. The van der Waals surface area contributed by atoms with Crippen LogP contribution in [0.2, 0.25) is 0 Å². The highest BCUT2D eigenvalue weighted by Gasteiger charge is 2.05. The average Bonchev–Trinajstić information content (AvgIpc) is 2.20. The van der Waals surface area contributed by atoms with Crippen LogP contribution in [0.1, 0.15) is 12.5 Å². The lowest BCUT2D eigenvalue weighted by atomic mass is 10.2. The fourth-order valence-corrected chi connectivity index (χ4v) is 1.59. The molecule has 0 saturated heterocycles. The highest BCUT2D eigenvalue weighted by Crippen LogP contribution is 2.28. The molecule has 0 heterocycles. The fraction of sp³-hybridized carbons (Fsp3) is 0.273. The molecule has 0 spiro atoms. The monoisotopic (exact) mass is 256 g/mol. The van der Waals surface area contributed by atoms with Crippen molar-refractivity contribution < 1.29 is 9.84 Å². The van der Waals surface area contributed by atoms with Crippen molar-refractivity contribution in [2.45, 2.75) is 13.5 Å². The van der Waals surface area contributed by atoms with E-state index in [0.717, 1.165) is 10.0 Å². The van der Waals surface area contributed by atoms with Gasteiger partial charge in [-0.3, -0.25) is 0 Å². The maximum absolute atomic E-state index is 9.08. The molecule has 1 N–H and O–H groups in total. The van der Waals surface area contributed by atoms with E-state index in [4.69, 9.17) is 9.84 Å². The van der Waals surface area contributed by atoms with Gasteiger partial charge in [0.15, 0.2) is 0 Å². The molecule has 0 radical (unpaired) electrons. The third-order valence-electron chi connectivity index (χ3n) is 1.78. The van der Waals surface area contributed by atoms with Crippen molar-refractivity contribution in [3.8, 4) is 5.75 Å². The van der Waals surface area contributed by atoms with Crippen LogP contribution in [0, 0.1) is 0 Å². The topological polar surface area (TPSA) is 29.5 Å². The molecule has 3 heteroatoms. The minimum Gasteiger partial charge on any atom is -0.488 e. The highest BCUT2D eigenvalue weighted by atomic mass is 79.9. The first-order chi connectivity index (χ1) is 6.79. The van der Waals surface area contributed by atoms with Crippen molar-refractivity contribution in [2.75, 3.05) is 6.61 Å². The fourth-order valence-electron chi connectivity index (χ4n) is 1.07. The van der Waals surface area contributed by atoms with Crippen LogP contribution in [0.15, 0.2) is 34.8 Å². The number of aliphatic hydroxyl groups is 1. The Morgan fingerprint density at radius 3 is 2.93 bits per heavy atom. The van der Waals surface area contributed by atoms with Gasteiger partial charge in [0, 0.05) is 5.56 Å². The molecule has 1 aromatic rings. The SMILES string of the molecule is C/C=C/COc1c(Br)cccc1CO. The molecule has 0 amide bonds. The highest BCUT2D eigenvalue weighted by molar-refractivity contribution is 9.10. The van der Waals surface area contributed by atoms with Crippen LogP contribution >= 0.6 is 15.9 Å². The first-order valence-electron chi connectivity index (χ1n) is 4.41. The van der Waals surface area contributed by atoms with Crippen molar-refractivity contribution in [1.82, 2.24) is 0 Å². The first-order valence-corrected chi connectivity index (χ1v) is 5.21. The summed E-state index contributed by atoms with van der Waals surface area (Å²) in [5, 5.41) is 9.08. The first kappa shape index (κ1) is 11.3. The van der Waals surface area contributed by atoms with E-state index in [9.17, 15) is 0 Å². The molecular weight excluding hydrogens is 244 g/mol. The largest absolute Gasteiger partial charge is 0.488 e. The molecular formula is C11H13BrO2. The summed E-state index contributed by atoms with van der Waals surface area (Å²) in [6.07, 6.45) is 3.84. The second-order valence-corrected chi connectivity index (χ2v) is 3.62. The van der Waals surface area contributed by atoms with Crippen molar-refractivity contribution in [3.63, 3.8) is 0 Å². The second kappa shape index (κ2) is 5.83. The van der Waals surface area contributed by atoms with E-state index in [1.165, 1.54) is 0 Å². The summed E-state index contributed by atoms with van der Waals surface area (Å²) in [6.45, 7) is 2.45. The molecule has 0 aromatic heterocycles. The molecule has 2 nitrogen and oxygen atoms in total. The third kappa shape index (κ3) is 2.86. The third-order valence-corrected chi connectivity index (χ3v) is 2.40. The molecule has 0 atom stereocenters. The zero-order valence-electron chi connectivity index (χ0n) is 8.03. The molecule has 76 valence electrons. The normalized spacial score (nSPS) is 10.8. The van der Waals surface area contributed by atoms with Gasteiger partial charge in [-0.15, -0.1) is 0 Å². The Kier molecular flexibility index (Phi) is 4.70. The summed E-state index contributed by atoms with van der Waals surface area (Å²) < 4.78 is 6.37. The Morgan fingerprint density at radius 1 is 1.50 bits per heavy atom. The summed E-state index contributed by atoms with van der Waals surface area (Å²) >= 11 is 3.38. The minimum absolute atomic E-state index is 0.00931. The van der Waals surface area contributed by atoms with Gasteiger partial charge in [0.05, 0.1) is 11.1 Å². The van der Waals surface area contributed by atoms with E-state index in [0.29, 0.717) is 12.4 Å². The minimum atomic E-state index is -0.00931. The van der Waals surface area contributed by atoms with Crippen LogP contribution in [-0.4, -0.2) is 11.7 Å². The van der Waals surface area contributed by atoms with Crippen molar-refractivity contribution in [2.24, 2.45) is 0 Å². The van der Waals surface area contributed by atoms with E-state index in [1.807, 2.05) is 37.3 Å². The number of halogens is 1. The summed E-state index contributed by atoms with van der Waals surface area (Å²) in [5.74, 6) is 0.716. The van der Waals surface area contributed by atoms with Gasteiger partial charge in [0.2, 0.25) is 0 Å². The van der Waals surface area contributed by atoms with Gasteiger partial charge in [0.25, 0.3) is 0 Å². The standard InChI is InChI=1S/C11H13BrO2/c1-2-3-7-14-11-9(8-13)5-4-6-10(11)12/h2-6,13H,7-8H2,1H3/b3-2+. The van der Waals surface area contributed by atoms with E-state index in [-0.39, 0.29) is 6.61 Å². The summed E-state index contributed by atoms with van der Waals surface area (Å²) in [4.78, 5) is 0. The number of hydrogen-bond acceptors (Lipinski definition) is 2. The van der Waals surface area contributed by atoms with Gasteiger partial charge in [0.1, 0.15) is 12.4 Å². The maximum atomic E-state index is 9.08. The van der Waals surface area contributed by atoms with Crippen molar-refractivity contribution in [1.29, 1.82) is 0 Å². The number of benzene rings is 1. The lowest BCUT2D eigenvalue weighted by Gasteiger charge is -2.09. The van der Waals surface area contributed by atoms with Gasteiger partial charge in [-0.05, 0) is 28.9 Å². The molecule has 0 aliphatic carbocycles. The van der Waals surface area contributed by atoms with Crippen LogP contribution < -0.4 is 4.74 Å². The van der Waals surface area contributed by atoms with E-state index in [2.05, 4.69) is 15.9 Å². The van der Waals surface area contributed by atoms with E-state index in [1.54, 1.807) is 0 Å². The molecule has 0 saturated carbocycles. The summed E-state index contributed by atoms with van der Waals surface area (Å²) in [7, 11) is 0. The molecule has 14 heavy (non-hydrogen) atoms. The Labute approximate surface area is 92.3 Å². The van der Waals surface area contributed by atoms with Gasteiger partial charge in [-0.1, -0.05) is 24.3 Å². The predicted octanol–water partition coefficient (Wildman–Crippen LogP) is 2.90. The van der Waals surface area contributed by atoms with Gasteiger partial charge in [-0.2, -0.15) is 0 Å². The number of aliphatic hydroxyl groups excluding tert-OH is 1. The van der Waals surface area contributed by atoms with E-state index >= 15 is 0 Å². The molecule has 0 fully saturated rings. The van der Waals surface area contributed by atoms with Crippen molar-refractivity contribution in [3.05, 3.63) is 40.4 Å². The maximum Gasteiger partial charge on any atom is 0.139 e. The zero-order chi connectivity index (χ0) is 10.4. The Morgan fingerprint density at radius 2 is 2.29 bits per heavy atom. The van der Waals surface area contributed by atoms with Crippen LogP contribution in [0.3, 0.4) is 0 Å². The number of rotatable bonds is 4. The van der Waals surface area contributed by atoms with Gasteiger partial charge < -0.3 is 9.84 Å². The lowest BCUT2D eigenvalue weighted by Crippen LogP contribution is -1.98. The predicted molar refractivity (Wildman–Crippen MR) is 60.4 cm³/mol. The smallest absolute Gasteiger partial charge is 0.139 e. The Balaban J connectivity index is 2.82. The number of hydrogen-bond donors (Lipinski definition) is 1. The molecule has 1 rings (SSSR count). The second-order valence-electron chi connectivity index (χ2n) is 2.77. The van der Waals surface area contributed by atoms with Gasteiger partial charge >= 0.3 is 0 Å². The van der Waals surface area contributed by atoms with Crippen LogP contribution in [0.4, 0.5) is 0 Å². The summed E-state index contributed by atoms with van der Waals surface area (Å²) in [5.41, 5.74) is 0.795. The number of para-hydroxylation sites is 1. The quantitative estimate of drug-likeness (QED) is 0.840.